The first kappa shape index (κ1) is 19.6. The van der Waals surface area contributed by atoms with Crippen LogP contribution >= 0.6 is 7.92 Å². The van der Waals surface area contributed by atoms with Crippen molar-refractivity contribution >= 4 is 13.2 Å². The van der Waals surface area contributed by atoms with E-state index in [1.54, 1.807) is 25.3 Å². The summed E-state index contributed by atoms with van der Waals surface area (Å²) in [5, 5.41) is 1.58. The molecule has 0 bridgehead atoms. The summed E-state index contributed by atoms with van der Waals surface area (Å²) in [5.74, 6) is 0. The first-order chi connectivity index (χ1) is 13.9. The topological polar surface area (TPSA) is 0 Å². The molecule has 146 valence electrons. The monoisotopic (exact) mass is 428 g/mol. The standard InChI is InChI=1S/C16H17P.2C5H5.Ni/c1-3-8-14(9-4-1)16-12-7-13-17(16)15-10-5-2-6-11-15;2*1-2-4-5-3-1;/h1-6,8-11,16H,7,12-13H2;2*1-3H,4H2;. The van der Waals surface area contributed by atoms with E-state index in [1.165, 1.54) is 28.1 Å². The van der Waals surface area contributed by atoms with Gasteiger partial charge in [0.1, 0.15) is 0 Å². The van der Waals surface area contributed by atoms with Gasteiger partial charge in [0.15, 0.2) is 0 Å². The van der Waals surface area contributed by atoms with E-state index in [-0.39, 0.29) is 7.92 Å². The fourth-order valence-electron chi connectivity index (χ4n) is 3.78. The predicted molar refractivity (Wildman–Crippen MR) is 120 cm³/mol. The molecule has 28 heavy (non-hydrogen) atoms. The van der Waals surface area contributed by atoms with Crippen LogP contribution < -0.4 is 5.30 Å². The smallest absolute Gasteiger partial charge is 0.00820 e. The number of rotatable bonds is 4. The fraction of sp³-hybridized carbons (Fsp3) is 0.231. The molecule has 2 aliphatic carbocycles. The second-order valence-corrected chi connectivity index (χ2v) is 11.1. The summed E-state index contributed by atoms with van der Waals surface area (Å²) in [7, 11) is 0.0201. The molecule has 2 unspecified atom stereocenters. The number of hydrogen-bond acceptors (Lipinski definition) is 0. The fourth-order valence-corrected chi connectivity index (χ4v) is 8.01. The molecule has 5 rings (SSSR count). The van der Waals surface area contributed by atoms with E-state index < -0.39 is 0 Å². The van der Waals surface area contributed by atoms with Crippen LogP contribution in [0.4, 0.5) is 0 Å². The third-order valence-corrected chi connectivity index (χ3v) is 9.57. The molecule has 0 saturated carbocycles. The molecule has 2 aromatic rings. The van der Waals surface area contributed by atoms with Crippen LogP contribution in [0.1, 0.15) is 36.9 Å². The van der Waals surface area contributed by atoms with Crippen molar-refractivity contribution in [1.82, 2.24) is 0 Å². The van der Waals surface area contributed by atoms with Gasteiger partial charge >= 0.3 is 72.8 Å². The Morgan fingerprint density at radius 2 is 1.36 bits per heavy atom. The number of hydrogen-bond donors (Lipinski definition) is 0. The van der Waals surface area contributed by atoms with Crippen LogP contribution in [0, 0.1) is 0 Å². The summed E-state index contributed by atoms with van der Waals surface area (Å²) < 4.78 is 2.99. The molecule has 0 aromatic heterocycles. The van der Waals surface area contributed by atoms with Crippen LogP contribution in [0.2, 0.25) is 0 Å². The largest absolute Gasteiger partial charge is 0.0677 e. The van der Waals surface area contributed by atoms with Crippen molar-refractivity contribution in [1.29, 1.82) is 0 Å². The Morgan fingerprint density at radius 1 is 0.750 bits per heavy atom. The minimum atomic E-state index is 0.0201. The van der Waals surface area contributed by atoms with E-state index in [4.69, 9.17) is 0 Å². The summed E-state index contributed by atoms with van der Waals surface area (Å²) in [6, 6.07) is 22.2. The third-order valence-electron chi connectivity index (χ3n) is 5.13. The summed E-state index contributed by atoms with van der Waals surface area (Å²) in [6.45, 7) is 0. The van der Waals surface area contributed by atoms with Crippen LogP contribution in [0.5, 0.6) is 0 Å². The van der Waals surface area contributed by atoms with Crippen molar-refractivity contribution in [3.8, 4) is 0 Å². The van der Waals surface area contributed by atoms with Crippen LogP contribution in [0.3, 0.4) is 0 Å². The van der Waals surface area contributed by atoms with Crippen molar-refractivity contribution < 1.29 is 14.4 Å². The Morgan fingerprint density at radius 3 is 1.93 bits per heavy atom. The summed E-state index contributed by atoms with van der Waals surface area (Å²) in [4.78, 5) is 0. The van der Waals surface area contributed by atoms with Gasteiger partial charge in [0.25, 0.3) is 0 Å². The van der Waals surface area contributed by atoms with E-state index in [0.29, 0.717) is 0 Å². The Balaban J connectivity index is 0.000000151. The zero-order valence-corrected chi connectivity index (χ0v) is 18.0. The van der Waals surface area contributed by atoms with Crippen LogP contribution in [-0.2, 0) is 14.4 Å². The molecule has 0 N–H and O–H groups in total. The SMILES string of the molecule is C1=CC[C]([Ni][C]2=CC=CC2)=C1.c1ccc(C2CCCP2c2ccccc2)cc1. The van der Waals surface area contributed by atoms with E-state index in [2.05, 4.69) is 97.1 Å². The van der Waals surface area contributed by atoms with Crippen LogP contribution in [-0.4, -0.2) is 6.16 Å². The van der Waals surface area contributed by atoms with Gasteiger partial charge in [-0.2, -0.15) is 0 Å². The second kappa shape index (κ2) is 10.2. The molecule has 0 nitrogen and oxygen atoms in total. The zero-order chi connectivity index (χ0) is 19.0. The van der Waals surface area contributed by atoms with Gasteiger partial charge in [-0.3, -0.25) is 0 Å². The molecule has 0 amide bonds. The van der Waals surface area contributed by atoms with Crippen molar-refractivity contribution in [2.45, 2.75) is 31.3 Å². The van der Waals surface area contributed by atoms with E-state index in [0.717, 1.165) is 18.5 Å². The molecule has 0 radical (unpaired) electrons. The summed E-state index contributed by atoms with van der Waals surface area (Å²) in [6.07, 6.45) is 19.5. The Kier molecular flexibility index (Phi) is 7.15. The van der Waals surface area contributed by atoms with Crippen molar-refractivity contribution in [3.05, 3.63) is 112 Å². The maximum atomic E-state index is 2.31. The maximum absolute atomic E-state index is 2.31. The normalized spacial score (nSPS) is 22.7. The van der Waals surface area contributed by atoms with Crippen molar-refractivity contribution in [3.63, 3.8) is 0 Å². The predicted octanol–water partition coefficient (Wildman–Crippen LogP) is 7.09. The number of benzene rings is 2. The minimum absolute atomic E-state index is 0.0201. The minimum Gasteiger partial charge on any atom is -0.0677 e. The molecule has 1 aliphatic heterocycles. The van der Waals surface area contributed by atoms with E-state index in [1.807, 2.05) is 0 Å². The van der Waals surface area contributed by atoms with Crippen LogP contribution in [0.15, 0.2) is 106 Å². The Labute approximate surface area is 176 Å². The molecule has 1 saturated heterocycles. The third kappa shape index (κ3) is 5.22. The molecule has 1 fully saturated rings. The zero-order valence-electron chi connectivity index (χ0n) is 16.1. The van der Waals surface area contributed by atoms with Gasteiger partial charge < -0.3 is 0 Å². The van der Waals surface area contributed by atoms with Gasteiger partial charge in [0.05, 0.1) is 0 Å². The maximum Gasteiger partial charge on any atom is 0.00820 e. The molecule has 2 atom stereocenters. The van der Waals surface area contributed by atoms with Gasteiger partial charge in [-0.05, 0) is 29.9 Å². The second-order valence-electron chi connectivity index (χ2n) is 7.09. The Bertz CT molecular complexity index is 804. The first-order valence-electron chi connectivity index (χ1n) is 10.1. The molecule has 2 aromatic carbocycles. The average molecular weight is 429 g/mol. The number of allylic oxidation sites excluding steroid dienone is 8. The van der Waals surface area contributed by atoms with E-state index >= 15 is 0 Å². The first-order valence-corrected chi connectivity index (χ1v) is 12.7. The molecule has 2 heteroatoms. The van der Waals surface area contributed by atoms with Crippen molar-refractivity contribution in [2.75, 3.05) is 6.16 Å². The average Bonchev–Trinajstić information content (AvgIpc) is 3.53. The molecular formula is C26H27NiP. The Hall–Kier alpha value is -1.68. The van der Waals surface area contributed by atoms with Crippen molar-refractivity contribution in [2.24, 2.45) is 0 Å². The van der Waals surface area contributed by atoms with Gasteiger partial charge in [0, 0.05) is 5.66 Å². The van der Waals surface area contributed by atoms with Gasteiger partial charge in [-0.25, -0.2) is 0 Å². The molecule has 3 aliphatic rings. The molecular weight excluding hydrogens is 402 g/mol. The molecule has 0 spiro atoms. The molecule has 1 heterocycles. The quantitative estimate of drug-likeness (QED) is 0.360. The van der Waals surface area contributed by atoms with Gasteiger partial charge in [-0.1, -0.05) is 68.6 Å². The van der Waals surface area contributed by atoms with Gasteiger partial charge in [0.2, 0.25) is 0 Å². The van der Waals surface area contributed by atoms with Gasteiger partial charge in [-0.15, -0.1) is 0 Å². The van der Waals surface area contributed by atoms with E-state index in [9.17, 15) is 0 Å². The van der Waals surface area contributed by atoms with Crippen LogP contribution in [0.25, 0.3) is 0 Å². The summed E-state index contributed by atoms with van der Waals surface area (Å²) in [5.41, 5.74) is 2.33. The summed E-state index contributed by atoms with van der Waals surface area (Å²) >= 11 is 1.73.